The molecule has 8 aromatic rings. The maximum absolute atomic E-state index is 5.87. The predicted octanol–water partition coefficient (Wildman–Crippen LogP) is 8.99. The number of aliphatic imine (C=N–C) groups is 2. The average Bonchev–Trinajstić information content (AvgIpc) is 3.36. The van der Waals surface area contributed by atoms with Crippen molar-refractivity contribution >= 4 is 71.7 Å². The van der Waals surface area contributed by atoms with Crippen molar-refractivity contribution in [3.8, 4) is 11.5 Å². The van der Waals surface area contributed by atoms with Crippen LogP contribution in [-0.4, -0.2) is 62.0 Å². The van der Waals surface area contributed by atoms with Crippen LogP contribution < -0.4 is 41.6 Å². The Kier molecular flexibility index (Phi) is 16.3. The second kappa shape index (κ2) is 23.7. The van der Waals surface area contributed by atoms with E-state index >= 15 is 0 Å². The first-order valence-corrected chi connectivity index (χ1v) is 23.9. The van der Waals surface area contributed by atoms with Crippen LogP contribution in [0.25, 0.3) is 0 Å². The highest BCUT2D eigenvalue weighted by Gasteiger charge is 2.19. The van der Waals surface area contributed by atoms with Gasteiger partial charge in [0.05, 0.1) is 72.5 Å². The van der Waals surface area contributed by atoms with E-state index in [4.69, 9.17) is 28.9 Å². The Balaban J connectivity index is 0.710. The number of pyridine rings is 2. The normalized spacial score (nSPS) is 11.5. The molecule has 0 saturated heterocycles. The van der Waals surface area contributed by atoms with Gasteiger partial charge < -0.3 is 18.9 Å². The number of benzene rings is 6. The predicted molar refractivity (Wildman–Crippen MR) is 266 cm³/mol. The molecule has 0 N–H and O–H groups in total. The summed E-state index contributed by atoms with van der Waals surface area (Å²) in [6.07, 6.45) is 3.62. The number of ether oxygens (including phenoxy) is 4. The molecule has 2 heterocycles. The van der Waals surface area contributed by atoms with Crippen LogP contribution in [-0.2, 0) is 9.47 Å². The van der Waals surface area contributed by atoms with Crippen LogP contribution in [0.4, 0.5) is 11.4 Å². The van der Waals surface area contributed by atoms with Crippen LogP contribution in [0, 0.1) is 0 Å². The first-order chi connectivity index (χ1) is 31.7. The maximum Gasteiger partial charge on any atom is 0.119 e. The zero-order valence-corrected chi connectivity index (χ0v) is 37.1. The third-order valence-corrected chi connectivity index (χ3v) is 14.4. The van der Waals surface area contributed by atoms with E-state index in [1.165, 1.54) is 21.2 Å². The number of nitrogens with zero attached hydrogens (tertiary/aromatic N) is 4. The third-order valence-electron chi connectivity index (χ3n) is 9.76. The van der Waals surface area contributed by atoms with Gasteiger partial charge >= 0.3 is 0 Å². The van der Waals surface area contributed by atoms with Gasteiger partial charge in [-0.05, 0) is 94.0 Å². The van der Waals surface area contributed by atoms with E-state index in [0.29, 0.717) is 39.6 Å². The van der Waals surface area contributed by atoms with E-state index in [-0.39, 0.29) is 0 Å². The van der Waals surface area contributed by atoms with Crippen LogP contribution in [0.2, 0.25) is 0 Å². The molecule has 0 aliphatic heterocycles. The van der Waals surface area contributed by atoms with Crippen molar-refractivity contribution in [1.29, 1.82) is 0 Å². The Morgan fingerprint density at radius 1 is 0.344 bits per heavy atom. The van der Waals surface area contributed by atoms with Crippen LogP contribution >= 0.6 is 15.8 Å². The van der Waals surface area contributed by atoms with Gasteiger partial charge in [0.25, 0.3) is 0 Å². The van der Waals surface area contributed by atoms with Crippen LogP contribution in [0.1, 0.15) is 11.4 Å². The molecule has 64 heavy (non-hydrogen) atoms. The third kappa shape index (κ3) is 12.9. The van der Waals surface area contributed by atoms with Gasteiger partial charge in [-0.25, -0.2) is 9.97 Å². The molecular formula is C54H48N4O4P2. The Bertz CT molecular complexity index is 2410. The Hall–Kier alpha value is -6.66. The molecule has 0 atom stereocenters. The van der Waals surface area contributed by atoms with Crippen molar-refractivity contribution < 1.29 is 18.9 Å². The fourth-order valence-electron chi connectivity index (χ4n) is 6.70. The van der Waals surface area contributed by atoms with Crippen molar-refractivity contribution in [2.45, 2.75) is 0 Å². The van der Waals surface area contributed by atoms with Crippen LogP contribution in [0.3, 0.4) is 0 Å². The lowest BCUT2D eigenvalue weighted by atomic mass is 10.3. The van der Waals surface area contributed by atoms with Gasteiger partial charge in [-0.1, -0.05) is 133 Å². The van der Waals surface area contributed by atoms with Gasteiger partial charge in [-0.15, -0.1) is 0 Å². The summed E-state index contributed by atoms with van der Waals surface area (Å²) in [5.41, 5.74) is 5.34. The van der Waals surface area contributed by atoms with Gasteiger partial charge in [-0.2, -0.15) is 0 Å². The number of hydrogen-bond donors (Lipinski definition) is 0. The van der Waals surface area contributed by atoms with Crippen molar-refractivity contribution in [2.24, 2.45) is 9.98 Å². The smallest absolute Gasteiger partial charge is 0.119 e. The van der Waals surface area contributed by atoms with Gasteiger partial charge in [0, 0.05) is 15.8 Å². The van der Waals surface area contributed by atoms with E-state index in [1.807, 2.05) is 97.4 Å². The van der Waals surface area contributed by atoms with Gasteiger partial charge in [0.1, 0.15) is 24.7 Å². The Morgan fingerprint density at radius 3 is 1.02 bits per heavy atom. The quantitative estimate of drug-likeness (QED) is 0.0407. The second-order valence-corrected chi connectivity index (χ2v) is 18.6. The molecule has 0 spiro atoms. The highest BCUT2D eigenvalue weighted by Crippen LogP contribution is 2.33. The molecule has 0 unspecified atom stereocenters. The number of hydrogen-bond acceptors (Lipinski definition) is 8. The summed E-state index contributed by atoms with van der Waals surface area (Å²) in [4.78, 5) is 19.4. The zero-order chi connectivity index (χ0) is 43.4. The second-order valence-electron chi connectivity index (χ2n) is 14.3. The van der Waals surface area contributed by atoms with E-state index in [1.54, 1.807) is 0 Å². The molecule has 0 aliphatic rings. The van der Waals surface area contributed by atoms with Crippen LogP contribution in [0.15, 0.2) is 216 Å². The zero-order valence-electron chi connectivity index (χ0n) is 35.3. The molecule has 8 nitrogen and oxygen atoms in total. The lowest BCUT2D eigenvalue weighted by molar-refractivity contribution is 0.0273. The van der Waals surface area contributed by atoms with E-state index in [0.717, 1.165) is 45.1 Å². The lowest BCUT2D eigenvalue weighted by Gasteiger charge is -2.18. The molecule has 6 aromatic carbocycles. The molecule has 0 radical (unpaired) electrons. The summed E-state index contributed by atoms with van der Waals surface area (Å²) in [6.45, 7) is 2.71. The molecule has 2 aromatic heterocycles. The Morgan fingerprint density at radius 2 is 0.672 bits per heavy atom. The van der Waals surface area contributed by atoms with Crippen molar-refractivity contribution in [3.05, 3.63) is 218 Å². The summed E-state index contributed by atoms with van der Waals surface area (Å²) in [7, 11) is -1.57. The molecule has 0 saturated carbocycles. The largest absolute Gasteiger partial charge is 0.491 e. The minimum absolute atomic E-state index is 0.431. The van der Waals surface area contributed by atoms with Crippen molar-refractivity contribution in [3.63, 3.8) is 0 Å². The van der Waals surface area contributed by atoms with Crippen LogP contribution in [0.5, 0.6) is 11.5 Å². The summed E-state index contributed by atoms with van der Waals surface area (Å²) >= 11 is 0. The first kappa shape index (κ1) is 44.0. The molecular weight excluding hydrogens is 831 g/mol. The Labute approximate surface area is 377 Å². The number of rotatable bonds is 21. The van der Waals surface area contributed by atoms with Crippen molar-refractivity contribution in [2.75, 3.05) is 39.6 Å². The lowest BCUT2D eigenvalue weighted by Crippen LogP contribution is -2.23. The van der Waals surface area contributed by atoms with Gasteiger partial charge in [-0.3, -0.25) is 9.98 Å². The SMILES string of the molecule is C(=Nc1ccc(OCCOCCOCCOc2ccc(N=Cc3cccc(P(c4ccccc4)c4ccccc4)n3)cc2)cc1)c1cccc(P(c2ccccc2)c2ccccc2)n1. The topological polar surface area (TPSA) is 87.4 Å². The maximum atomic E-state index is 5.87. The highest BCUT2D eigenvalue weighted by atomic mass is 31.1. The standard InChI is InChI=1S/C54H48N4O4P2/c1-5-17-49(18-6-1)63(50-19-7-2-8-20-50)53-25-13-15-45(57-53)41-55-43-27-31-47(32-28-43)61-39-37-59-35-36-60-38-40-62-48-33-29-44(30-34-48)56-42-46-16-14-26-54(58-46)64(51-21-9-3-10-22-51)52-23-11-4-12-24-52/h1-34,41-42H,35-40H2. The fraction of sp³-hybridized carbons (Fsp3) is 0.111. The summed E-state index contributed by atoms with van der Waals surface area (Å²) < 4.78 is 23.2. The monoisotopic (exact) mass is 878 g/mol. The molecule has 8 rings (SSSR count). The molecule has 0 fully saturated rings. The highest BCUT2D eigenvalue weighted by molar-refractivity contribution is 7.80. The summed E-state index contributed by atoms with van der Waals surface area (Å²) in [6, 6.07) is 70.0. The summed E-state index contributed by atoms with van der Waals surface area (Å²) in [5.74, 6) is 1.51. The molecule has 0 amide bonds. The molecule has 318 valence electrons. The minimum atomic E-state index is -0.786. The summed E-state index contributed by atoms with van der Waals surface area (Å²) in [5, 5.41) is 5.04. The fourth-order valence-corrected chi connectivity index (χ4v) is 11.1. The van der Waals surface area contributed by atoms with E-state index < -0.39 is 15.8 Å². The van der Waals surface area contributed by atoms with E-state index in [2.05, 4.69) is 131 Å². The average molecular weight is 879 g/mol. The first-order valence-electron chi connectivity index (χ1n) is 21.2. The minimum Gasteiger partial charge on any atom is -0.491 e. The molecule has 10 heteroatoms. The number of aromatic nitrogens is 2. The van der Waals surface area contributed by atoms with E-state index in [9.17, 15) is 0 Å². The van der Waals surface area contributed by atoms with Gasteiger partial charge in [0.15, 0.2) is 0 Å². The van der Waals surface area contributed by atoms with Gasteiger partial charge in [0.2, 0.25) is 0 Å². The molecule has 0 aliphatic carbocycles. The molecule has 0 bridgehead atoms. The van der Waals surface area contributed by atoms with Crippen molar-refractivity contribution in [1.82, 2.24) is 9.97 Å².